The fourth-order valence-corrected chi connectivity index (χ4v) is 6.57. The third-order valence-corrected chi connectivity index (χ3v) is 8.63. The maximum Gasteiger partial charge on any atom is 0.338 e. The lowest BCUT2D eigenvalue weighted by atomic mass is 9.90. The van der Waals surface area contributed by atoms with Gasteiger partial charge in [-0.2, -0.15) is 5.26 Å². The van der Waals surface area contributed by atoms with E-state index in [0.29, 0.717) is 43.2 Å². The standard InChI is InChI=1S/C36H29N3O5S/c1-4-43-35(41)31-22(2)38-36-39(33(31)32-28-12-8-7-9-24(28)15-18-29(32)42-3)34(40)30(45-36)19-23-13-16-27(17-14-23)44-21-26-11-6-5-10-25(26)20-37/h5-19,33H,4,21H2,1-3H3/b30-19+/t33-/m1/s1. The van der Waals surface area contributed by atoms with E-state index in [4.69, 9.17) is 19.2 Å². The van der Waals surface area contributed by atoms with E-state index in [9.17, 15) is 14.9 Å². The topological polar surface area (TPSA) is 103 Å². The van der Waals surface area contributed by atoms with Gasteiger partial charge in [0.25, 0.3) is 5.56 Å². The number of hydrogen-bond acceptors (Lipinski definition) is 8. The van der Waals surface area contributed by atoms with Crippen molar-refractivity contribution in [1.29, 1.82) is 5.26 Å². The second-order valence-electron chi connectivity index (χ2n) is 10.3. The van der Waals surface area contributed by atoms with Crippen molar-refractivity contribution in [3.05, 3.63) is 138 Å². The smallest absolute Gasteiger partial charge is 0.338 e. The molecule has 4 aromatic carbocycles. The number of carbonyl (C=O) groups is 1. The van der Waals surface area contributed by atoms with Gasteiger partial charge in [-0.1, -0.05) is 72.0 Å². The predicted molar refractivity (Wildman–Crippen MR) is 173 cm³/mol. The Labute approximate surface area is 263 Å². The van der Waals surface area contributed by atoms with Crippen LogP contribution in [0, 0.1) is 11.3 Å². The number of thiazole rings is 1. The minimum Gasteiger partial charge on any atom is -0.496 e. The number of fused-ring (bicyclic) bond motifs is 2. The number of hydrogen-bond donors (Lipinski definition) is 0. The van der Waals surface area contributed by atoms with Gasteiger partial charge in [0.05, 0.1) is 41.2 Å². The highest BCUT2D eigenvalue weighted by atomic mass is 32.1. The maximum atomic E-state index is 14.2. The number of nitriles is 1. The van der Waals surface area contributed by atoms with E-state index in [0.717, 1.165) is 21.9 Å². The first kappa shape index (κ1) is 29.6. The normalized spacial score (nSPS) is 14.4. The second-order valence-corrected chi connectivity index (χ2v) is 11.3. The molecule has 0 radical (unpaired) electrons. The zero-order chi connectivity index (χ0) is 31.5. The molecule has 9 heteroatoms. The van der Waals surface area contributed by atoms with Crippen LogP contribution in [0.5, 0.6) is 11.5 Å². The SMILES string of the molecule is CCOC(=O)C1=C(C)N=c2s/c(=C/c3ccc(OCc4ccccc4C#N)cc3)c(=O)n2[C@H]1c1c(OC)ccc2ccccc12. The molecule has 6 rings (SSSR count). The molecule has 2 heterocycles. The number of carbonyl (C=O) groups excluding carboxylic acids is 1. The Bertz CT molecular complexity index is 2190. The number of esters is 1. The van der Waals surface area contributed by atoms with Gasteiger partial charge < -0.3 is 14.2 Å². The van der Waals surface area contributed by atoms with Crippen molar-refractivity contribution >= 4 is 34.2 Å². The van der Waals surface area contributed by atoms with Gasteiger partial charge in [-0.3, -0.25) is 9.36 Å². The van der Waals surface area contributed by atoms with Crippen LogP contribution in [0.2, 0.25) is 0 Å². The summed E-state index contributed by atoms with van der Waals surface area (Å²) in [4.78, 5) is 32.8. The van der Waals surface area contributed by atoms with Crippen LogP contribution in [-0.2, 0) is 16.1 Å². The molecule has 0 bridgehead atoms. The number of rotatable bonds is 8. The van der Waals surface area contributed by atoms with Crippen LogP contribution in [-0.4, -0.2) is 24.3 Å². The van der Waals surface area contributed by atoms with Crippen LogP contribution >= 0.6 is 11.3 Å². The molecule has 8 nitrogen and oxygen atoms in total. The molecular formula is C36H29N3O5S. The third kappa shape index (κ3) is 5.64. The predicted octanol–water partition coefficient (Wildman–Crippen LogP) is 5.41. The van der Waals surface area contributed by atoms with E-state index in [1.165, 1.54) is 11.3 Å². The molecule has 0 N–H and O–H groups in total. The van der Waals surface area contributed by atoms with Crippen molar-refractivity contribution in [1.82, 2.24) is 4.57 Å². The van der Waals surface area contributed by atoms with Gasteiger partial charge in [0.2, 0.25) is 0 Å². The first-order chi connectivity index (χ1) is 21.9. The molecule has 1 aliphatic rings. The minimum absolute atomic E-state index is 0.184. The lowest BCUT2D eigenvalue weighted by molar-refractivity contribution is -0.139. The van der Waals surface area contributed by atoms with Gasteiger partial charge in [0, 0.05) is 11.1 Å². The molecule has 45 heavy (non-hydrogen) atoms. The lowest BCUT2D eigenvalue weighted by Gasteiger charge is -2.27. The summed E-state index contributed by atoms with van der Waals surface area (Å²) in [6.07, 6.45) is 1.80. The zero-order valence-corrected chi connectivity index (χ0v) is 25.8. The fraction of sp³-hybridized carbons (Fsp3) is 0.167. The van der Waals surface area contributed by atoms with Gasteiger partial charge in [-0.15, -0.1) is 0 Å². The first-order valence-electron chi connectivity index (χ1n) is 14.4. The molecule has 0 saturated heterocycles. The van der Waals surface area contributed by atoms with E-state index in [1.54, 1.807) is 37.7 Å². The number of allylic oxidation sites excluding steroid dienone is 1. The third-order valence-electron chi connectivity index (χ3n) is 7.65. The maximum absolute atomic E-state index is 14.2. The number of ether oxygens (including phenoxy) is 3. The molecule has 5 aromatic rings. The summed E-state index contributed by atoms with van der Waals surface area (Å²) in [5.41, 5.74) is 3.38. The Kier molecular flexibility index (Phi) is 8.32. The van der Waals surface area contributed by atoms with Gasteiger partial charge >= 0.3 is 5.97 Å². The molecule has 0 unspecified atom stereocenters. The molecule has 1 aromatic heterocycles. The first-order valence-corrected chi connectivity index (χ1v) is 15.2. The molecule has 1 atom stereocenters. The number of benzene rings is 4. The molecule has 0 aliphatic carbocycles. The van der Waals surface area contributed by atoms with Gasteiger partial charge in [0.15, 0.2) is 4.80 Å². The van der Waals surface area contributed by atoms with Crippen molar-refractivity contribution in [2.75, 3.05) is 13.7 Å². The largest absolute Gasteiger partial charge is 0.496 e. The number of nitrogens with zero attached hydrogens (tertiary/aromatic N) is 3. The van der Waals surface area contributed by atoms with Crippen LogP contribution in [0.25, 0.3) is 16.8 Å². The number of aromatic nitrogens is 1. The van der Waals surface area contributed by atoms with Crippen molar-refractivity contribution in [3.63, 3.8) is 0 Å². The van der Waals surface area contributed by atoms with E-state index in [-0.39, 0.29) is 18.8 Å². The van der Waals surface area contributed by atoms with Crippen LogP contribution in [0.1, 0.15) is 42.1 Å². The Morgan fingerprint density at radius 3 is 2.56 bits per heavy atom. The Morgan fingerprint density at radius 2 is 1.80 bits per heavy atom. The van der Waals surface area contributed by atoms with Gasteiger partial charge in [-0.05, 0) is 60.5 Å². The van der Waals surface area contributed by atoms with Gasteiger partial charge in [0.1, 0.15) is 24.1 Å². The quantitative estimate of drug-likeness (QED) is 0.216. The van der Waals surface area contributed by atoms with E-state index in [2.05, 4.69) is 6.07 Å². The highest BCUT2D eigenvalue weighted by Crippen LogP contribution is 2.40. The highest BCUT2D eigenvalue weighted by Gasteiger charge is 2.36. The zero-order valence-electron chi connectivity index (χ0n) is 24.9. The monoisotopic (exact) mass is 615 g/mol. The molecule has 0 fully saturated rings. The summed E-state index contributed by atoms with van der Waals surface area (Å²) in [6, 6.07) is 27.7. The van der Waals surface area contributed by atoms with Crippen LogP contribution in [0.15, 0.2) is 106 Å². The van der Waals surface area contributed by atoms with Crippen molar-refractivity contribution in [2.24, 2.45) is 4.99 Å². The molecule has 1 aliphatic heterocycles. The minimum atomic E-state index is -0.810. The highest BCUT2D eigenvalue weighted by molar-refractivity contribution is 7.07. The summed E-state index contributed by atoms with van der Waals surface area (Å²) in [7, 11) is 1.58. The second kappa shape index (κ2) is 12.6. The van der Waals surface area contributed by atoms with E-state index < -0.39 is 12.0 Å². The Hall–Kier alpha value is -5.46. The van der Waals surface area contributed by atoms with Crippen LogP contribution in [0.3, 0.4) is 0 Å². The van der Waals surface area contributed by atoms with Crippen LogP contribution < -0.4 is 24.4 Å². The summed E-state index contributed by atoms with van der Waals surface area (Å²) >= 11 is 1.26. The van der Waals surface area contributed by atoms with E-state index >= 15 is 0 Å². The molecule has 224 valence electrons. The summed E-state index contributed by atoms with van der Waals surface area (Å²) in [5, 5.41) is 11.1. The number of methoxy groups -OCH3 is 1. The fourth-order valence-electron chi connectivity index (χ4n) is 5.53. The summed E-state index contributed by atoms with van der Waals surface area (Å²) < 4.78 is 19.2. The lowest BCUT2D eigenvalue weighted by Crippen LogP contribution is -2.40. The molecule has 0 saturated carbocycles. The van der Waals surface area contributed by atoms with Crippen molar-refractivity contribution in [3.8, 4) is 17.6 Å². The summed E-state index contributed by atoms with van der Waals surface area (Å²) in [6.45, 7) is 3.96. The van der Waals surface area contributed by atoms with Gasteiger partial charge in [-0.25, -0.2) is 9.79 Å². The Balaban J connectivity index is 1.43. The van der Waals surface area contributed by atoms with E-state index in [1.807, 2.05) is 78.9 Å². The average molecular weight is 616 g/mol. The van der Waals surface area contributed by atoms with Crippen molar-refractivity contribution in [2.45, 2.75) is 26.5 Å². The van der Waals surface area contributed by atoms with Crippen molar-refractivity contribution < 1.29 is 19.0 Å². The molecular weight excluding hydrogens is 586 g/mol. The summed E-state index contributed by atoms with van der Waals surface area (Å²) in [5.74, 6) is 0.665. The molecule has 0 spiro atoms. The molecule has 0 amide bonds. The Morgan fingerprint density at radius 1 is 1.04 bits per heavy atom. The average Bonchev–Trinajstić information content (AvgIpc) is 3.37. The van der Waals surface area contributed by atoms with Crippen LogP contribution in [0.4, 0.5) is 0 Å².